The van der Waals surface area contributed by atoms with Gasteiger partial charge in [-0.3, -0.25) is 0 Å². The van der Waals surface area contributed by atoms with Gasteiger partial charge < -0.3 is 38.7 Å². The molecule has 2 atom stereocenters. The van der Waals surface area contributed by atoms with E-state index in [0.717, 1.165) is 71.1 Å². The highest BCUT2D eigenvalue weighted by molar-refractivity contribution is 5.88. The van der Waals surface area contributed by atoms with Crippen LogP contribution < -0.4 is 19.5 Å². The maximum atomic E-state index is 12.8. The van der Waals surface area contributed by atoms with E-state index in [0.29, 0.717) is 18.2 Å². The Hall–Kier alpha value is -3.69. The molecule has 3 aliphatic heterocycles. The van der Waals surface area contributed by atoms with Gasteiger partial charge in [-0.1, -0.05) is 12.5 Å². The minimum absolute atomic E-state index is 0.134. The molecule has 0 unspecified atom stereocenters. The molecular formula is C34H42N4O5. The van der Waals surface area contributed by atoms with Crippen LogP contribution in [0.2, 0.25) is 0 Å². The van der Waals surface area contributed by atoms with Gasteiger partial charge in [-0.15, -0.1) is 0 Å². The molecule has 3 aliphatic rings. The van der Waals surface area contributed by atoms with E-state index < -0.39 is 6.09 Å². The maximum absolute atomic E-state index is 12.8. The Morgan fingerprint density at radius 3 is 2.77 bits per heavy atom. The van der Waals surface area contributed by atoms with Crippen molar-refractivity contribution >= 4 is 28.0 Å². The van der Waals surface area contributed by atoms with Gasteiger partial charge in [0.25, 0.3) is 0 Å². The molecule has 0 bridgehead atoms. The number of piperidine rings is 3. The number of nitrogens with zero attached hydrogens (tertiary/aromatic N) is 2. The van der Waals surface area contributed by atoms with E-state index in [-0.39, 0.29) is 6.04 Å². The number of carbonyl (C=O) groups excluding carboxylic acids is 1. The molecule has 5 heterocycles. The number of H-pyrrole nitrogens is 1. The summed E-state index contributed by atoms with van der Waals surface area (Å²) < 4.78 is 22.9. The van der Waals surface area contributed by atoms with Gasteiger partial charge in [0.2, 0.25) is 5.88 Å². The van der Waals surface area contributed by atoms with Crippen molar-refractivity contribution in [3.05, 3.63) is 54.3 Å². The van der Waals surface area contributed by atoms with E-state index in [1.165, 1.54) is 51.7 Å². The number of likely N-dealkylation sites (tertiary alicyclic amines) is 1. The lowest BCUT2D eigenvalue weighted by molar-refractivity contribution is 0.0353. The van der Waals surface area contributed by atoms with Crippen LogP contribution >= 0.6 is 0 Å². The maximum Gasteiger partial charge on any atom is 0.414 e. The zero-order valence-electron chi connectivity index (χ0n) is 25.0. The number of amides is 1. The number of rotatable bonds is 8. The zero-order chi connectivity index (χ0) is 29.2. The number of nitrogens with one attached hydrogen (secondary N) is 2. The highest BCUT2D eigenvalue weighted by Gasteiger charge is 2.34. The summed E-state index contributed by atoms with van der Waals surface area (Å²) in [5.41, 5.74) is 2.54. The molecule has 9 heteroatoms. The first kappa shape index (κ1) is 28.1. The standard InChI is InChI=1S/C34H42N4O5/c1-40-26-10-11-27-24(22-42-32(27)18-26)21-41-31-9-4-7-29-28(31)19-33(36-29)43-34(39)35-25-12-16-37(17-13-25)20-23-6-5-15-38-14-3-2-8-30(23)38/h4,7,9-11,18-19,22-23,25,30,36H,2-3,5-6,8,12-17,20-21H2,1H3,(H,35,39)/t23-,30+/m0/s1. The lowest BCUT2D eigenvalue weighted by atomic mass is 9.83. The van der Waals surface area contributed by atoms with E-state index >= 15 is 0 Å². The summed E-state index contributed by atoms with van der Waals surface area (Å²) in [7, 11) is 1.64. The number of ether oxygens (including phenoxy) is 3. The Kier molecular flexibility index (Phi) is 8.17. The van der Waals surface area contributed by atoms with E-state index in [1.54, 1.807) is 13.4 Å². The van der Waals surface area contributed by atoms with Crippen molar-refractivity contribution in [2.45, 2.75) is 63.6 Å². The molecular weight excluding hydrogens is 544 g/mol. The van der Waals surface area contributed by atoms with Crippen molar-refractivity contribution in [2.24, 2.45) is 5.92 Å². The van der Waals surface area contributed by atoms with Gasteiger partial charge in [-0.2, -0.15) is 0 Å². The van der Waals surface area contributed by atoms with Crippen molar-refractivity contribution < 1.29 is 23.4 Å². The second-order valence-corrected chi connectivity index (χ2v) is 12.4. The minimum Gasteiger partial charge on any atom is -0.497 e. The molecule has 2 aromatic carbocycles. The predicted octanol–water partition coefficient (Wildman–Crippen LogP) is 6.32. The lowest BCUT2D eigenvalue weighted by Gasteiger charge is -2.46. The first-order chi connectivity index (χ1) is 21.1. The molecule has 43 heavy (non-hydrogen) atoms. The van der Waals surface area contributed by atoms with Crippen LogP contribution in [0.1, 0.15) is 50.5 Å². The van der Waals surface area contributed by atoms with Gasteiger partial charge >= 0.3 is 6.09 Å². The van der Waals surface area contributed by atoms with E-state index in [4.69, 9.17) is 18.6 Å². The van der Waals surface area contributed by atoms with E-state index in [1.807, 2.05) is 42.5 Å². The number of hydrogen-bond donors (Lipinski definition) is 2. The molecule has 9 nitrogen and oxygen atoms in total. The largest absolute Gasteiger partial charge is 0.497 e. The summed E-state index contributed by atoms with van der Waals surface area (Å²) in [6, 6.07) is 14.3. The molecule has 2 N–H and O–H groups in total. The van der Waals surface area contributed by atoms with Crippen molar-refractivity contribution in [1.82, 2.24) is 20.1 Å². The van der Waals surface area contributed by atoms with Gasteiger partial charge in [0.1, 0.15) is 23.7 Å². The molecule has 2 aromatic heterocycles. The van der Waals surface area contributed by atoms with Crippen LogP contribution in [0.3, 0.4) is 0 Å². The van der Waals surface area contributed by atoms with Gasteiger partial charge in [0.15, 0.2) is 0 Å². The van der Waals surface area contributed by atoms with Gasteiger partial charge in [0.05, 0.1) is 18.9 Å². The summed E-state index contributed by atoms with van der Waals surface area (Å²) in [5.74, 6) is 2.64. The van der Waals surface area contributed by atoms with Crippen LogP contribution in [0.5, 0.6) is 17.4 Å². The van der Waals surface area contributed by atoms with E-state index in [9.17, 15) is 4.79 Å². The Bertz CT molecular complexity index is 1550. The number of methoxy groups -OCH3 is 1. The Morgan fingerprint density at radius 1 is 1.00 bits per heavy atom. The summed E-state index contributed by atoms with van der Waals surface area (Å²) in [6.07, 6.45) is 10.0. The number of hydrogen-bond acceptors (Lipinski definition) is 7. The molecule has 3 saturated heterocycles. The molecule has 0 aliphatic carbocycles. The van der Waals surface area contributed by atoms with E-state index in [2.05, 4.69) is 20.1 Å². The van der Waals surface area contributed by atoms with Gasteiger partial charge in [-0.05, 0) is 81.8 Å². The molecule has 0 radical (unpaired) electrons. The second kappa shape index (κ2) is 12.5. The highest BCUT2D eigenvalue weighted by atomic mass is 16.6. The van der Waals surface area contributed by atoms with Crippen LogP contribution in [-0.2, 0) is 6.61 Å². The fraction of sp³-hybridized carbons (Fsp3) is 0.500. The summed E-state index contributed by atoms with van der Waals surface area (Å²) in [4.78, 5) is 21.4. The number of carbonyl (C=O) groups is 1. The third kappa shape index (κ3) is 6.19. The summed E-state index contributed by atoms with van der Waals surface area (Å²) >= 11 is 0. The molecule has 1 amide bonds. The van der Waals surface area contributed by atoms with Gasteiger partial charge in [-0.25, -0.2) is 4.79 Å². The normalized spacial score (nSPS) is 22.0. The Balaban J connectivity index is 0.912. The van der Waals surface area contributed by atoms with Crippen LogP contribution in [0.15, 0.2) is 53.1 Å². The second-order valence-electron chi connectivity index (χ2n) is 12.4. The van der Waals surface area contributed by atoms with Crippen molar-refractivity contribution in [2.75, 3.05) is 39.8 Å². The Morgan fingerprint density at radius 2 is 1.88 bits per heavy atom. The van der Waals surface area contributed by atoms with Gasteiger partial charge in [0, 0.05) is 60.2 Å². The number of furan rings is 1. The molecule has 0 saturated carbocycles. The fourth-order valence-electron chi connectivity index (χ4n) is 7.42. The number of aromatic amines is 1. The average molecular weight is 587 g/mol. The smallest absolute Gasteiger partial charge is 0.414 e. The monoisotopic (exact) mass is 586 g/mol. The number of fused-ring (bicyclic) bond motifs is 3. The number of aromatic nitrogens is 1. The van der Waals surface area contributed by atoms with Crippen LogP contribution in [0.25, 0.3) is 21.9 Å². The third-order valence-corrected chi connectivity index (χ3v) is 9.68. The quantitative estimate of drug-likeness (QED) is 0.250. The molecule has 0 spiro atoms. The molecule has 228 valence electrons. The van der Waals surface area contributed by atoms with Crippen LogP contribution in [0, 0.1) is 5.92 Å². The van der Waals surface area contributed by atoms with Crippen LogP contribution in [0.4, 0.5) is 4.79 Å². The molecule has 7 rings (SSSR count). The fourth-order valence-corrected chi connectivity index (χ4v) is 7.42. The Labute approximate surface area is 252 Å². The first-order valence-corrected chi connectivity index (χ1v) is 15.9. The summed E-state index contributed by atoms with van der Waals surface area (Å²) in [6.45, 7) is 6.18. The topological polar surface area (TPSA) is 92.2 Å². The van der Waals surface area contributed by atoms with Crippen molar-refractivity contribution in [3.8, 4) is 17.4 Å². The lowest BCUT2D eigenvalue weighted by Crippen LogP contribution is -2.52. The van der Waals surface area contributed by atoms with Crippen molar-refractivity contribution in [1.29, 1.82) is 0 Å². The van der Waals surface area contributed by atoms with Crippen molar-refractivity contribution in [3.63, 3.8) is 0 Å². The minimum atomic E-state index is -0.419. The molecule has 4 aromatic rings. The highest BCUT2D eigenvalue weighted by Crippen LogP contribution is 2.33. The summed E-state index contributed by atoms with van der Waals surface area (Å²) in [5, 5.41) is 4.94. The first-order valence-electron chi connectivity index (χ1n) is 15.9. The number of benzene rings is 2. The third-order valence-electron chi connectivity index (χ3n) is 9.68. The average Bonchev–Trinajstić information content (AvgIpc) is 3.64. The zero-order valence-corrected chi connectivity index (χ0v) is 25.0. The van der Waals surface area contributed by atoms with Crippen LogP contribution in [-0.4, -0.2) is 72.8 Å². The SMILES string of the molecule is COc1ccc2c(COc3cccc4[nH]c(OC(=O)NC5CCN(C[C@@H]6CCCN7CCCC[C@H]67)CC5)cc34)coc2c1. The predicted molar refractivity (Wildman–Crippen MR) is 166 cm³/mol. The molecule has 3 fully saturated rings.